The lowest BCUT2D eigenvalue weighted by Gasteiger charge is -2.26. The summed E-state index contributed by atoms with van der Waals surface area (Å²) in [5.74, 6) is -0.106. The van der Waals surface area contributed by atoms with Crippen molar-refractivity contribution >= 4 is 33.2 Å². The Bertz CT molecular complexity index is 859. The van der Waals surface area contributed by atoms with Crippen LogP contribution in [0.15, 0.2) is 64.6 Å². The van der Waals surface area contributed by atoms with Gasteiger partial charge < -0.3 is 5.32 Å². The third-order valence-corrected chi connectivity index (χ3v) is 5.40. The second-order valence-electron chi connectivity index (χ2n) is 5.94. The molecule has 0 aliphatic carbocycles. The molecule has 0 saturated carbocycles. The first-order valence-corrected chi connectivity index (χ1v) is 9.17. The average Bonchev–Trinajstić information content (AvgIpc) is 3.01. The molecular weight excluding hydrogens is 384 g/mol. The van der Waals surface area contributed by atoms with Crippen molar-refractivity contribution in [1.82, 2.24) is 10.3 Å². The molecule has 1 amide bonds. The third kappa shape index (κ3) is 3.57. The maximum Gasteiger partial charge on any atom is 0.252 e. The maximum absolute atomic E-state index is 12.9. The number of halogens is 1. The van der Waals surface area contributed by atoms with Gasteiger partial charge in [-0.25, -0.2) is 0 Å². The molecule has 0 unspecified atom stereocenters. The fourth-order valence-electron chi connectivity index (χ4n) is 2.50. The molecule has 0 bridgehead atoms. The number of carbonyl (C=O) groups is 1. The number of pyridine rings is 1. The van der Waals surface area contributed by atoms with Gasteiger partial charge in [-0.15, -0.1) is 11.3 Å². The van der Waals surface area contributed by atoms with Crippen molar-refractivity contribution in [2.45, 2.75) is 19.4 Å². The van der Waals surface area contributed by atoms with Gasteiger partial charge in [0.1, 0.15) is 0 Å². The lowest BCUT2D eigenvalue weighted by molar-refractivity contribution is 0.0911. The van der Waals surface area contributed by atoms with Crippen molar-refractivity contribution in [2.75, 3.05) is 0 Å². The van der Waals surface area contributed by atoms with Gasteiger partial charge in [0.15, 0.2) is 0 Å². The van der Waals surface area contributed by atoms with Crippen molar-refractivity contribution in [1.29, 1.82) is 0 Å². The largest absolute Gasteiger partial charge is 0.341 e. The summed E-state index contributed by atoms with van der Waals surface area (Å²) in [5, 5.41) is 3.10. The fourth-order valence-corrected chi connectivity index (χ4v) is 3.93. The highest BCUT2D eigenvalue weighted by Crippen LogP contribution is 2.33. The third-order valence-electron chi connectivity index (χ3n) is 3.74. The van der Waals surface area contributed by atoms with Crippen LogP contribution in [0.1, 0.15) is 29.9 Å². The van der Waals surface area contributed by atoms with Crippen molar-refractivity contribution < 1.29 is 4.79 Å². The van der Waals surface area contributed by atoms with Crippen LogP contribution in [-0.4, -0.2) is 10.9 Å². The smallest absolute Gasteiger partial charge is 0.252 e. The van der Waals surface area contributed by atoms with Crippen LogP contribution < -0.4 is 5.32 Å². The Hall–Kier alpha value is -1.98. The normalized spacial score (nSPS) is 11.3. The van der Waals surface area contributed by atoms with E-state index in [1.54, 1.807) is 17.5 Å². The van der Waals surface area contributed by atoms with Gasteiger partial charge in [0.05, 0.1) is 15.0 Å². The molecule has 0 aliphatic heterocycles. The minimum Gasteiger partial charge on any atom is -0.341 e. The lowest BCUT2D eigenvalue weighted by Crippen LogP contribution is -2.41. The number of carbonyl (C=O) groups excluding carboxylic acids is 1. The molecule has 0 spiro atoms. The fraction of sp³-hybridized carbons (Fsp3) is 0.158. The maximum atomic E-state index is 12.9. The Labute approximate surface area is 153 Å². The first-order valence-electron chi connectivity index (χ1n) is 7.56. The topological polar surface area (TPSA) is 42.0 Å². The molecule has 3 rings (SSSR count). The predicted octanol–water partition coefficient (Wildman–Crippen LogP) is 5.24. The Morgan fingerprint density at radius 2 is 1.83 bits per heavy atom. The number of thiophene rings is 1. The zero-order valence-corrected chi connectivity index (χ0v) is 15.8. The van der Waals surface area contributed by atoms with E-state index in [0.717, 1.165) is 19.9 Å². The van der Waals surface area contributed by atoms with Crippen LogP contribution in [0, 0.1) is 0 Å². The number of rotatable bonds is 4. The summed E-state index contributed by atoms with van der Waals surface area (Å²) in [5.41, 5.74) is 1.87. The summed E-state index contributed by atoms with van der Waals surface area (Å²) in [4.78, 5) is 18.3. The minimum atomic E-state index is -0.554. The SMILES string of the molecule is CC(C)(NC(=O)c1ccccc1-c1ccc(Br)s1)c1ccccn1. The Balaban J connectivity index is 1.91. The molecule has 0 fully saturated rings. The summed E-state index contributed by atoms with van der Waals surface area (Å²) in [6, 6.07) is 17.4. The molecular formula is C19H17BrN2OS. The Morgan fingerprint density at radius 3 is 2.50 bits per heavy atom. The molecule has 2 aromatic heterocycles. The van der Waals surface area contributed by atoms with E-state index < -0.39 is 5.54 Å². The van der Waals surface area contributed by atoms with Crippen molar-refractivity contribution in [3.63, 3.8) is 0 Å². The summed E-state index contributed by atoms with van der Waals surface area (Å²) < 4.78 is 1.04. The minimum absolute atomic E-state index is 0.106. The van der Waals surface area contributed by atoms with Gasteiger partial charge in [0.25, 0.3) is 5.91 Å². The highest BCUT2D eigenvalue weighted by atomic mass is 79.9. The van der Waals surface area contributed by atoms with Gasteiger partial charge >= 0.3 is 0 Å². The molecule has 5 heteroatoms. The standard InChI is InChI=1S/C19H17BrN2OS/c1-19(2,16-9-5-6-12-21-16)22-18(23)14-8-4-3-7-13(14)15-10-11-17(20)24-15/h3-12H,1-2H3,(H,22,23). The van der Waals surface area contributed by atoms with Crippen LogP contribution in [0.4, 0.5) is 0 Å². The second-order valence-corrected chi connectivity index (χ2v) is 8.41. The zero-order valence-electron chi connectivity index (χ0n) is 13.4. The van der Waals surface area contributed by atoms with Gasteiger partial charge in [-0.2, -0.15) is 0 Å². The van der Waals surface area contributed by atoms with Crippen LogP contribution in [0.5, 0.6) is 0 Å². The Kier molecular flexibility index (Phi) is 4.83. The highest BCUT2D eigenvalue weighted by molar-refractivity contribution is 9.11. The van der Waals surface area contributed by atoms with Crippen LogP contribution in [0.3, 0.4) is 0 Å². The van der Waals surface area contributed by atoms with Crippen molar-refractivity contribution in [3.05, 3.63) is 75.8 Å². The van der Waals surface area contributed by atoms with Gasteiger partial charge in [0, 0.05) is 22.2 Å². The molecule has 24 heavy (non-hydrogen) atoms. The zero-order chi connectivity index (χ0) is 17.2. The number of nitrogens with one attached hydrogen (secondary N) is 1. The first kappa shape index (κ1) is 16.9. The highest BCUT2D eigenvalue weighted by Gasteiger charge is 2.26. The summed E-state index contributed by atoms with van der Waals surface area (Å²) >= 11 is 5.09. The number of amides is 1. The molecule has 0 saturated heterocycles. The van der Waals surface area contributed by atoms with E-state index in [1.165, 1.54) is 0 Å². The van der Waals surface area contributed by atoms with Crippen LogP contribution in [0.25, 0.3) is 10.4 Å². The molecule has 122 valence electrons. The molecule has 1 aromatic carbocycles. The number of nitrogens with zero attached hydrogens (tertiary/aromatic N) is 1. The molecule has 3 nitrogen and oxygen atoms in total. The van der Waals surface area contributed by atoms with Gasteiger partial charge in [-0.05, 0) is 60.1 Å². The van der Waals surface area contributed by atoms with Crippen LogP contribution in [-0.2, 0) is 5.54 Å². The van der Waals surface area contributed by atoms with E-state index in [4.69, 9.17) is 0 Å². The number of benzene rings is 1. The summed E-state index contributed by atoms with van der Waals surface area (Å²) in [6.07, 6.45) is 1.74. The average molecular weight is 401 g/mol. The number of aromatic nitrogens is 1. The van der Waals surface area contributed by atoms with Crippen LogP contribution >= 0.6 is 27.3 Å². The van der Waals surface area contributed by atoms with E-state index in [9.17, 15) is 4.79 Å². The molecule has 0 atom stereocenters. The van der Waals surface area contributed by atoms with E-state index in [2.05, 4.69) is 26.2 Å². The predicted molar refractivity (Wildman–Crippen MR) is 102 cm³/mol. The molecule has 2 heterocycles. The lowest BCUT2D eigenvalue weighted by atomic mass is 9.98. The molecule has 0 radical (unpaired) electrons. The van der Waals surface area contributed by atoms with E-state index in [-0.39, 0.29) is 5.91 Å². The molecule has 3 aromatic rings. The van der Waals surface area contributed by atoms with Gasteiger partial charge in [-0.3, -0.25) is 9.78 Å². The summed E-state index contributed by atoms with van der Waals surface area (Å²) in [6.45, 7) is 3.91. The second kappa shape index (κ2) is 6.87. The van der Waals surface area contributed by atoms with Gasteiger partial charge in [0.2, 0.25) is 0 Å². The van der Waals surface area contributed by atoms with E-state index in [1.807, 2.05) is 68.4 Å². The monoisotopic (exact) mass is 400 g/mol. The van der Waals surface area contributed by atoms with Crippen LogP contribution in [0.2, 0.25) is 0 Å². The molecule has 0 aliphatic rings. The molecule has 1 N–H and O–H groups in total. The number of hydrogen-bond acceptors (Lipinski definition) is 3. The quantitative estimate of drug-likeness (QED) is 0.650. The first-order chi connectivity index (χ1) is 11.5. The van der Waals surface area contributed by atoms with Crippen molar-refractivity contribution in [2.24, 2.45) is 0 Å². The Morgan fingerprint density at radius 1 is 1.08 bits per heavy atom. The van der Waals surface area contributed by atoms with E-state index >= 15 is 0 Å². The van der Waals surface area contributed by atoms with Crippen molar-refractivity contribution in [3.8, 4) is 10.4 Å². The summed E-state index contributed by atoms with van der Waals surface area (Å²) in [7, 11) is 0. The van der Waals surface area contributed by atoms with Gasteiger partial charge in [-0.1, -0.05) is 24.3 Å². The number of hydrogen-bond donors (Lipinski definition) is 1. The van der Waals surface area contributed by atoms with E-state index in [0.29, 0.717) is 5.56 Å².